The Kier molecular flexibility index (Phi) is 5.06. The van der Waals surface area contributed by atoms with Crippen LogP contribution in [0.3, 0.4) is 0 Å². The van der Waals surface area contributed by atoms with E-state index in [1.54, 1.807) is 0 Å². The molecule has 0 aromatic heterocycles. The maximum atomic E-state index is 11.8. The second-order valence-electron chi connectivity index (χ2n) is 6.23. The van der Waals surface area contributed by atoms with Crippen LogP contribution in [0, 0.1) is 11.8 Å². The van der Waals surface area contributed by atoms with Crippen LogP contribution in [-0.4, -0.2) is 35.9 Å². The summed E-state index contributed by atoms with van der Waals surface area (Å²) in [6.07, 6.45) is 1.35. The van der Waals surface area contributed by atoms with Crippen molar-refractivity contribution in [3.63, 3.8) is 0 Å². The molecule has 0 radical (unpaired) electrons. The number of carbonyl (C=O) groups is 2. The number of esters is 2. The summed E-state index contributed by atoms with van der Waals surface area (Å²) in [5.41, 5.74) is 2.53. The zero-order chi connectivity index (χ0) is 16.4. The van der Waals surface area contributed by atoms with E-state index in [1.165, 1.54) is 6.92 Å². The lowest BCUT2D eigenvalue weighted by Gasteiger charge is -2.37. The minimum Gasteiger partial charge on any atom is -0.458 e. The van der Waals surface area contributed by atoms with Crippen LogP contribution in [0.15, 0.2) is 23.3 Å². The maximum absolute atomic E-state index is 11.8. The number of aliphatic hydroxyl groups excluding tert-OH is 1. The average molecular weight is 308 g/mol. The minimum absolute atomic E-state index is 0.134. The second-order valence-corrected chi connectivity index (χ2v) is 6.23. The van der Waals surface area contributed by atoms with Gasteiger partial charge in [-0.1, -0.05) is 19.1 Å². The van der Waals surface area contributed by atoms with E-state index >= 15 is 0 Å². The first kappa shape index (κ1) is 16.7. The van der Waals surface area contributed by atoms with Gasteiger partial charge in [-0.3, -0.25) is 4.79 Å². The molecule has 22 heavy (non-hydrogen) atoms. The topological polar surface area (TPSA) is 72.8 Å². The van der Waals surface area contributed by atoms with E-state index in [1.807, 2.05) is 6.92 Å². The van der Waals surface area contributed by atoms with Gasteiger partial charge < -0.3 is 14.6 Å². The summed E-state index contributed by atoms with van der Waals surface area (Å²) >= 11 is 0. The molecule has 2 rings (SSSR count). The lowest BCUT2D eigenvalue weighted by atomic mass is 9.73. The van der Waals surface area contributed by atoms with Crippen LogP contribution >= 0.6 is 0 Å². The van der Waals surface area contributed by atoms with Gasteiger partial charge in [0.05, 0.1) is 5.92 Å². The van der Waals surface area contributed by atoms with Crippen molar-refractivity contribution >= 4 is 11.9 Å². The molecule has 0 spiro atoms. The van der Waals surface area contributed by atoms with Crippen LogP contribution in [-0.2, 0) is 19.1 Å². The van der Waals surface area contributed by atoms with E-state index in [4.69, 9.17) is 14.6 Å². The smallest absolute Gasteiger partial charge is 0.334 e. The van der Waals surface area contributed by atoms with Gasteiger partial charge in [0.2, 0.25) is 0 Å². The summed E-state index contributed by atoms with van der Waals surface area (Å²) in [5.74, 6) is -0.908. The Labute approximate surface area is 131 Å². The van der Waals surface area contributed by atoms with Crippen molar-refractivity contribution < 1.29 is 24.2 Å². The van der Waals surface area contributed by atoms with E-state index in [2.05, 4.69) is 13.5 Å². The Bertz CT molecular complexity index is 519. The van der Waals surface area contributed by atoms with Gasteiger partial charge in [-0.25, -0.2) is 4.79 Å². The molecule has 5 heteroatoms. The molecule has 0 amide bonds. The highest BCUT2D eigenvalue weighted by Crippen LogP contribution is 2.44. The highest BCUT2D eigenvalue weighted by atomic mass is 16.6. The predicted octanol–water partition coefficient (Wildman–Crippen LogP) is 2.14. The number of aliphatic hydroxyl groups is 1. The Hall–Kier alpha value is -1.62. The van der Waals surface area contributed by atoms with Gasteiger partial charge in [0.15, 0.2) is 0 Å². The van der Waals surface area contributed by atoms with Gasteiger partial charge in [0.25, 0.3) is 0 Å². The SMILES string of the molecule is C=C1C(=O)O[C@@H]2CC(C)=C([C@@H](C)CCCO)[C@@H](OC(C)=O)[C@H]12. The summed E-state index contributed by atoms with van der Waals surface area (Å²) in [5, 5.41) is 9.04. The number of ether oxygens (including phenoxy) is 2. The molecule has 2 aliphatic rings. The number of carbonyl (C=O) groups excluding carboxylic acids is 2. The van der Waals surface area contributed by atoms with E-state index in [0.717, 1.165) is 17.6 Å². The van der Waals surface area contributed by atoms with Gasteiger partial charge in [-0.05, 0) is 31.3 Å². The normalized spacial score (nSPS) is 29.2. The van der Waals surface area contributed by atoms with Crippen LogP contribution in [0.4, 0.5) is 0 Å². The standard InChI is InChI=1S/C17H24O5/c1-9(6-5-7-18)14-10(2)8-13-15(11(3)17(20)22-13)16(14)21-12(4)19/h9,13,15-16,18H,3,5-8H2,1-2,4H3/t9-,13+,15+,16+/m0/s1. The van der Waals surface area contributed by atoms with Crippen LogP contribution < -0.4 is 0 Å². The molecule has 1 aliphatic carbocycles. The van der Waals surface area contributed by atoms with Crippen molar-refractivity contribution in [1.29, 1.82) is 0 Å². The Morgan fingerprint density at radius 3 is 2.82 bits per heavy atom. The van der Waals surface area contributed by atoms with Gasteiger partial charge in [0.1, 0.15) is 12.2 Å². The zero-order valence-corrected chi connectivity index (χ0v) is 13.4. The molecule has 1 saturated heterocycles. The van der Waals surface area contributed by atoms with Gasteiger partial charge in [-0.15, -0.1) is 0 Å². The highest BCUT2D eigenvalue weighted by molar-refractivity contribution is 5.91. The van der Waals surface area contributed by atoms with Crippen LogP contribution in [0.1, 0.15) is 40.0 Å². The number of hydrogen-bond acceptors (Lipinski definition) is 5. The van der Waals surface area contributed by atoms with Gasteiger partial charge in [-0.2, -0.15) is 0 Å². The first-order valence-electron chi connectivity index (χ1n) is 7.74. The van der Waals surface area contributed by atoms with Crippen molar-refractivity contribution in [2.75, 3.05) is 6.61 Å². The van der Waals surface area contributed by atoms with Crippen molar-refractivity contribution in [3.8, 4) is 0 Å². The van der Waals surface area contributed by atoms with Crippen molar-refractivity contribution in [2.24, 2.45) is 11.8 Å². The molecule has 1 heterocycles. The van der Waals surface area contributed by atoms with Crippen molar-refractivity contribution in [2.45, 2.75) is 52.2 Å². The molecule has 0 aromatic carbocycles. The molecule has 1 N–H and O–H groups in total. The maximum Gasteiger partial charge on any atom is 0.334 e. The fourth-order valence-electron chi connectivity index (χ4n) is 3.62. The Morgan fingerprint density at radius 2 is 2.23 bits per heavy atom. The molecule has 0 bridgehead atoms. The van der Waals surface area contributed by atoms with Crippen LogP contribution in [0.2, 0.25) is 0 Å². The van der Waals surface area contributed by atoms with E-state index in [-0.39, 0.29) is 30.5 Å². The van der Waals surface area contributed by atoms with Crippen molar-refractivity contribution in [1.82, 2.24) is 0 Å². The lowest BCUT2D eigenvalue weighted by Crippen LogP contribution is -2.40. The molecule has 5 nitrogen and oxygen atoms in total. The van der Waals surface area contributed by atoms with Crippen molar-refractivity contribution in [3.05, 3.63) is 23.3 Å². The summed E-state index contributed by atoms with van der Waals surface area (Å²) in [4.78, 5) is 23.4. The summed E-state index contributed by atoms with van der Waals surface area (Å²) in [7, 11) is 0. The number of hydrogen-bond donors (Lipinski definition) is 1. The lowest BCUT2D eigenvalue weighted by molar-refractivity contribution is -0.148. The van der Waals surface area contributed by atoms with Gasteiger partial charge >= 0.3 is 11.9 Å². The monoisotopic (exact) mass is 308 g/mol. The van der Waals surface area contributed by atoms with Gasteiger partial charge in [0, 0.05) is 25.5 Å². The zero-order valence-electron chi connectivity index (χ0n) is 13.4. The first-order valence-corrected chi connectivity index (χ1v) is 7.74. The molecule has 0 unspecified atom stereocenters. The quantitative estimate of drug-likeness (QED) is 0.478. The average Bonchev–Trinajstić information content (AvgIpc) is 2.70. The van der Waals surface area contributed by atoms with E-state index in [0.29, 0.717) is 18.4 Å². The van der Waals surface area contributed by atoms with E-state index < -0.39 is 12.1 Å². The number of rotatable bonds is 5. The third-order valence-corrected chi connectivity index (χ3v) is 4.58. The molecular weight excluding hydrogens is 284 g/mol. The minimum atomic E-state index is -0.496. The van der Waals surface area contributed by atoms with Crippen LogP contribution in [0.5, 0.6) is 0 Å². The molecule has 122 valence electrons. The first-order chi connectivity index (χ1) is 10.4. The third kappa shape index (κ3) is 3.09. The summed E-state index contributed by atoms with van der Waals surface area (Å²) in [6, 6.07) is 0. The summed E-state index contributed by atoms with van der Waals surface area (Å²) in [6.45, 7) is 9.39. The van der Waals surface area contributed by atoms with Crippen LogP contribution in [0.25, 0.3) is 0 Å². The largest absolute Gasteiger partial charge is 0.458 e. The number of fused-ring (bicyclic) bond motifs is 1. The molecule has 0 aromatic rings. The fourth-order valence-corrected chi connectivity index (χ4v) is 3.62. The fraction of sp³-hybridized carbons (Fsp3) is 0.647. The van der Waals surface area contributed by atoms with E-state index in [9.17, 15) is 9.59 Å². The molecular formula is C17H24O5. The molecule has 0 saturated carbocycles. The third-order valence-electron chi connectivity index (χ3n) is 4.58. The summed E-state index contributed by atoms with van der Waals surface area (Å²) < 4.78 is 10.9. The Balaban J connectivity index is 2.35. The Morgan fingerprint density at radius 1 is 1.55 bits per heavy atom. The molecule has 1 aliphatic heterocycles. The molecule has 4 atom stereocenters. The molecule has 1 fully saturated rings. The second kappa shape index (κ2) is 6.65. The highest BCUT2D eigenvalue weighted by Gasteiger charge is 2.49. The predicted molar refractivity (Wildman–Crippen MR) is 80.9 cm³/mol.